The molecule has 1 heterocycles. The molecule has 4 aliphatic rings. The number of carbonyl (C=O) groups excluding carboxylic acids is 4. The smallest absolute Gasteiger partial charge is 0.238 e. The number of ketones is 2. The lowest BCUT2D eigenvalue weighted by molar-refractivity contribution is -0.123. The van der Waals surface area contributed by atoms with Crippen molar-refractivity contribution in [2.45, 2.75) is 25.7 Å². The first-order valence-corrected chi connectivity index (χ1v) is 11.9. The van der Waals surface area contributed by atoms with Gasteiger partial charge in [0.2, 0.25) is 11.8 Å². The Kier molecular flexibility index (Phi) is 4.93. The minimum atomic E-state index is -0.838. The molecule has 0 bridgehead atoms. The van der Waals surface area contributed by atoms with E-state index < -0.39 is 35.2 Å². The largest absolute Gasteiger partial charge is 0.505 e. The number of Topliss-reactive ketones (excluding diaryl/α,β-unsaturated/α-hetero) is 1. The van der Waals surface area contributed by atoms with E-state index in [1.165, 1.54) is 29.2 Å². The molecule has 0 saturated carbocycles. The lowest BCUT2D eigenvalue weighted by Gasteiger charge is -2.42. The van der Waals surface area contributed by atoms with Crippen LogP contribution in [0.4, 0.5) is 10.1 Å². The van der Waals surface area contributed by atoms with Gasteiger partial charge in [-0.3, -0.25) is 24.1 Å². The average molecular weight is 483 g/mol. The summed E-state index contributed by atoms with van der Waals surface area (Å²) in [5, 5.41) is 9.74. The molecule has 0 aromatic heterocycles. The molecule has 0 radical (unpaired) electrons. The molecule has 2 aromatic carbocycles. The Labute approximate surface area is 206 Å². The highest BCUT2D eigenvalue weighted by Crippen LogP contribution is 2.55. The summed E-state index contributed by atoms with van der Waals surface area (Å²) in [5.41, 5.74) is 2.57. The molecule has 180 valence electrons. The maximum absolute atomic E-state index is 14.4. The van der Waals surface area contributed by atoms with Crippen LogP contribution in [0.3, 0.4) is 0 Å². The molecule has 3 aliphatic carbocycles. The zero-order valence-corrected chi connectivity index (χ0v) is 19.4. The Balaban J connectivity index is 1.50. The number of para-hydroxylation sites is 1. The Morgan fingerprint density at radius 3 is 2.44 bits per heavy atom. The molecule has 36 heavy (non-hydrogen) atoms. The number of allylic oxidation sites excluding steroid dienone is 6. The summed E-state index contributed by atoms with van der Waals surface area (Å²) in [6.45, 7) is 1.58. The minimum Gasteiger partial charge on any atom is -0.505 e. The Bertz CT molecular complexity index is 1470. The van der Waals surface area contributed by atoms with E-state index in [2.05, 4.69) is 0 Å². The van der Waals surface area contributed by atoms with E-state index in [4.69, 9.17) is 0 Å². The number of phenolic OH excluding ortho intramolecular Hbond substituents is 1. The molecular formula is C29H22FNO5. The van der Waals surface area contributed by atoms with Crippen molar-refractivity contribution in [3.8, 4) is 5.75 Å². The van der Waals surface area contributed by atoms with Crippen molar-refractivity contribution in [3.63, 3.8) is 0 Å². The first kappa shape index (κ1) is 22.3. The monoisotopic (exact) mass is 483 g/mol. The number of benzene rings is 2. The van der Waals surface area contributed by atoms with Crippen molar-refractivity contribution < 1.29 is 28.7 Å². The lowest BCUT2D eigenvalue weighted by atomic mass is 9.59. The number of aromatic hydroxyl groups is 1. The minimum absolute atomic E-state index is 0.163. The number of amides is 2. The summed E-state index contributed by atoms with van der Waals surface area (Å²) in [6.07, 6.45) is 3.66. The predicted molar refractivity (Wildman–Crippen MR) is 128 cm³/mol. The van der Waals surface area contributed by atoms with Gasteiger partial charge in [0, 0.05) is 22.6 Å². The quantitative estimate of drug-likeness (QED) is 0.393. The number of hydrogen-bond donors (Lipinski definition) is 1. The SMILES string of the molecule is CC1=CC(=O)C2=C(C[C@@H]3C(=CC[C@@H]4C(=O)N(c5ccccc5)C(=O)[C@@H]43)[C@@H]2c2ccc(O)c(F)c2)C1=O. The highest BCUT2D eigenvalue weighted by molar-refractivity contribution is 6.25. The molecular weight excluding hydrogens is 461 g/mol. The van der Waals surface area contributed by atoms with E-state index in [1.54, 1.807) is 37.3 Å². The molecule has 0 spiro atoms. The van der Waals surface area contributed by atoms with E-state index in [0.717, 1.165) is 5.57 Å². The number of imide groups is 1. The van der Waals surface area contributed by atoms with Gasteiger partial charge >= 0.3 is 0 Å². The normalized spacial score (nSPS) is 27.4. The van der Waals surface area contributed by atoms with Crippen molar-refractivity contribution in [1.29, 1.82) is 0 Å². The number of nitrogens with zero attached hydrogens (tertiary/aromatic N) is 1. The number of anilines is 1. The van der Waals surface area contributed by atoms with E-state index in [0.29, 0.717) is 28.8 Å². The zero-order valence-electron chi connectivity index (χ0n) is 19.4. The van der Waals surface area contributed by atoms with Crippen molar-refractivity contribution in [2.24, 2.45) is 17.8 Å². The fourth-order valence-corrected chi connectivity index (χ4v) is 6.30. The number of carbonyl (C=O) groups is 4. The highest BCUT2D eigenvalue weighted by Gasteiger charge is 2.56. The summed E-state index contributed by atoms with van der Waals surface area (Å²) in [6, 6.07) is 12.7. The third-order valence-electron chi connectivity index (χ3n) is 7.88. The van der Waals surface area contributed by atoms with E-state index in [9.17, 15) is 28.7 Å². The Morgan fingerprint density at radius 1 is 0.972 bits per heavy atom. The van der Waals surface area contributed by atoms with Crippen LogP contribution in [0.15, 0.2) is 83.0 Å². The summed E-state index contributed by atoms with van der Waals surface area (Å²) >= 11 is 0. The van der Waals surface area contributed by atoms with Crippen LogP contribution in [-0.2, 0) is 19.2 Å². The van der Waals surface area contributed by atoms with Crippen LogP contribution in [0.2, 0.25) is 0 Å². The van der Waals surface area contributed by atoms with Crippen LogP contribution in [0.25, 0.3) is 0 Å². The number of hydrogen-bond acceptors (Lipinski definition) is 5. The van der Waals surface area contributed by atoms with Gasteiger partial charge in [-0.25, -0.2) is 4.39 Å². The number of phenols is 1. The highest BCUT2D eigenvalue weighted by atomic mass is 19.1. The molecule has 2 amide bonds. The van der Waals surface area contributed by atoms with Gasteiger partial charge in [0.05, 0.1) is 17.5 Å². The van der Waals surface area contributed by atoms with Crippen LogP contribution in [0, 0.1) is 23.6 Å². The molecule has 2 aromatic rings. The molecule has 1 N–H and O–H groups in total. The molecule has 4 atom stereocenters. The summed E-state index contributed by atoms with van der Waals surface area (Å²) in [4.78, 5) is 54.7. The van der Waals surface area contributed by atoms with Crippen LogP contribution in [-0.4, -0.2) is 28.5 Å². The van der Waals surface area contributed by atoms with Gasteiger partial charge in [-0.15, -0.1) is 0 Å². The van der Waals surface area contributed by atoms with Gasteiger partial charge in [0.1, 0.15) is 0 Å². The zero-order chi connectivity index (χ0) is 25.3. The van der Waals surface area contributed by atoms with Crippen molar-refractivity contribution in [2.75, 3.05) is 4.90 Å². The molecule has 6 nitrogen and oxygen atoms in total. The lowest BCUT2D eigenvalue weighted by Crippen LogP contribution is -2.39. The number of fused-ring (bicyclic) bond motifs is 3. The van der Waals surface area contributed by atoms with Gasteiger partial charge in [0.25, 0.3) is 0 Å². The van der Waals surface area contributed by atoms with Crippen molar-refractivity contribution >= 4 is 29.1 Å². The second-order valence-corrected chi connectivity index (χ2v) is 9.79. The number of rotatable bonds is 2. The van der Waals surface area contributed by atoms with E-state index in [1.807, 2.05) is 6.08 Å². The molecule has 1 saturated heterocycles. The summed E-state index contributed by atoms with van der Waals surface area (Å²) < 4.78 is 14.4. The van der Waals surface area contributed by atoms with Crippen LogP contribution >= 0.6 is 0 Å². The second-order valence-electron chi connectivity index (χ2n) is 9.79. The molecule has 6 rings (SSSR count). The maximum Gasteiger partial charge on any atom is 0.238 e. The average Bonchev–Trinajstić information content (AvgIpc) is 3.13. The number of halogens is 1. The molecule has 0 unspecified atom stereocenters. The fraction of sp³-hybridized carbons (Fsp3) is 0.241. The summed E-state index contributed by atoms with van der Waals surface area (Å²) in [5.74, 6) is -5.05. The fourth-order valence-electron chi connectivity index (χ4n) is 6.30. The van der Waals surface area contributed by atoms with E-state index >= 15 is 0 Å². The van der Waals surface area contributed by atoms with Gasteiger partial charge in [-0.05, 0) is 61.6 Å². The molecule has 1 aliphatic heterocycles. The first-order valence-electron chi connectivity index (χ1n) is 11.9. The Hall–Kier alpha value is -4.13. The van der Waals surface area contributed by atoms with Gasteiger partial charge in [-0.2, -0.15) is 0 Å². The van der Waals surface area contributed by atoms with E-state index in [-0.39, 0.29) is 35.4 Å². The van der Waals surface area contributed by atoms with Crippen molar-refractivity contribution in [3.05, 3.63) is 94.4 Å². The molecule has 7 heteroatoms. The van der Waals surface area contributed by atoms with Crippen molar-refractivity contribution in [1.82, 2.24) is 0 Å². The topological polar surface area (TPSA) is 91.8 Å². The second kappa shape index (κ2) is 7.95. The molecule has 1 fully saturated rings. The predicted octanol–water partition coefficient (Wildman–Crippen LogP) is 4.17. The van der Waals surface area contributed by atoms with Crippen LogP contribution in [0.1, 0.15) is 31.2 Å². The summed E-state index contributed by atoms with van der Waals surface area (Å²) in [7, 11) is 0. The Morgan fingerprint density at radius 2 is 1.72 bits per heavy atom. The third kappa shape index (κ3) is 3.08. The van der Waals surface area contributed by atoms with Crippen LogP contribution < -0.4 is 4.90 Å². The maximum atomic E-state index is 14.4. The van der Waals surface area contributed by atoms with Gasteiger partial charge in [0.15, 0.2) is 23.1 Å². The van der Waals surface area contributed by atoms with Gasteiger partial charge in [-0.1, -0.05) is 35.9 Å². The first-order chi connectivity index (χ1) is 17.3. The standard InChI is InChI=1S/C29H22FNO5/c1-14-11-23(33)26-20(27(14)34)13-19-17(24(26)15-7-10-22(32)21(30)12-15)8-9-18-25(19)29(36)31(28(18)35)16-5-3-2-4-6-16/h2-8,10-12,18-19,24-25,32H,9,13H2,1H3/t18-,19+,24-,25-/m0/s1. The van der Waals surface area contributed by atoms with Crippen LogP contribution in [0.5, 0.6) is 5.75 Å². The third-order valence-corrected chi connectivity index (χ3v) is 7.88. The van der Waals surface area contributed by atoms with Gasteiger partial charge < -0.3 is 5.11 Å².